The molecule has 4 rings (SSSR count). The maximum absolute atomic E-state index is 13.2. The molecule has 0 saturated heterocycles. The van der Waals surface area contributed by atoms with Gasteiger partial charge in [0.25, 0.3) is 5.91 Å². The molecule has 2 heterocycles. The highest BCUT2D eigenvalue weighted by molar-refractivity contribution is 7.22. The van der Waals surface area contributed by atoms with Gasteiger partial charge in [-0.1, -0.05) is 35.6 Å². The van der Waals surface area contributed by atoms with E-state index in [0.717, 1.165) is 28.7 Å². The van der Waals surface area contributed by atoms with Crippen molar-refractivity contribution in [3.63, 3.8) is 0 Å². The Balaban J connectivity index is 0.00000289. The van der Waals surface area contributed by atoms with Crippen LogP contribution in [0.4, 0.5) is 5.13 Å². The van der Waals surface area contributed by atoms with Crippen molar-refractivity contribution in [3.05, 3.63) is 66.7 Å². The minimum absolute atomic E-state index is 0. The first-order chi connectivity index (χ1) is 15.2. The summed E-state index contributed by atoms with van der Waals surface area (Å²) in [5.74, 6) is 0.989. The number of ether oxygens (including phenoxy) is 2. The van der Waals surface area contributed by atoms with Gasteiger partial charge in [0.15, 0.2) is 23.2 Å². The van der Waals surface area contributed by atoms with Crippen LogP contribution >= 0.6 is 23.7 Å². The lowest BCUT2D eigenvalue weighted by molar-refractivity contribution is -0.120. The molecule has 1 amide bonds. The zero-order valence-corrected chi connectivity index (χ0v) is 19.6. The van der Waals surface area contributed by atoms with Crippen molar-refractivity contribution in [1.29, 1.82) is 0 Å². The average molecular weight is 473 g/mol. The smallest absolute Gasteiger partial charge is 0.266 e. The summed E-state index contributed by atoms with van der Waals surface area (Å²) in [6.07, 6.45) is 6.21. The van der Waals surface area contributed by atoms with E-state index in [4.69, 9.17) is 14.5 Å². The highest BCUT2D eigenvalue weighted by Gasteiger charge is 2.21. The molecule has 0 atom stereocenters. The molecule has 7 nitrogen and oxygen atoms in total. The minimum atomic E-state index is -0.145. The summed E-state index contributed by atoms with van der Waals surface area (Å²) in [7, 11) is 1.58. The lowest BCUT2D eigenvalue weighted by Crippen LogP contribution is -2.36. The second-order valence-corrected chi connectivity index (χ2v) is 8.07. The second kappa shape index (κ2) is 11.0. The summed E-state index contributed by atoms with van der Waals surface area (Å²) >= 11 is 1.52. The van der Waals surface area contributed by atoms with Crippen LogP contribution in [0.25, 0.3) is 10.2 Å². The predicted octanol–water partition coefficient (Wildman–Crippen LogP) is 4.73. The minimum Gasteiger partial charge on any atom is -0.493 e. The molecule has 0 fully saturated rings. The number of anilines is 1. The molecular weight excluding hydrogens is 448 g/mol. The van der Waals surface area contributed by atoms with Crippen molar-refractivity contribution >= 4 is 45.0 Å². The number of rotatable bonds is 9. The molecule has 0 N–H and O–H groups in total. The maximum atomic E-state index is 13.2. The summed E-state index contributed by atoms with van der Waals surface area (Å²) in [6, 6.07) is 13.4. The number of aryl methyl sites for hydroxylation is 2. The molecule has 2 aromatic carbocycles. The lowest BCUT2D eigenvalue weighted by Gasteiger charge is -2.20. The van der Waals surface area contributed by atoms with Crippen LogP contribution in [-0.2, 0) is 11.3 Å². The van der Waals surface area contributed by atoms with Gasteiger partial charge in [-0.3, -0.25) is 9.69 Å². The van der Waals surface area contributed by atoms with Crippen molar-refractivity contribution in [2.75, 3.05) is 25.2 Å². The Labute approximate surface area is 197 Å². The lowest BCUT2D eigenvalue weighted by atomic mass is 10.2. The first-order valence-electron chi connectivity index (χ1n) is 10.0. The summed E-state index contributed by atoms with van der Waals surface area (Å²) in [6.45, 7) is 3.23. The fourth-order valence-corrected chi connectivity index (χ4v) is 4.39. The zero-order chi connectivity index (χ0) is 21.6. The fourth-order valence-electron chi connectivity index (χ4n) is 3.30. The van der Waals surface area contributed by atoms with Gasteiger partial charge >= 0.3 is 0 Å². The van der Waals surface area contributed by atoms with E-state index in [2.05, 4.69) is 4.98 Å². The molecule has 0 unspecified atom stereocenters. The van der Waals surface area contributed by atoms with E-state index in [9.17, 15) is 4.79 Å². The Morgan fingerprint density at radius 2 is 1.97 bits per heavy atom. The third-order valence-corrected chi connectivity index (χ3v) is 5.96. The summed E-state index contributed by atoms with van der Waals surface area (Å²) in [5, 5.41) is 0.684. The van der Waals surface area contributed by atoms with Crippen molar-refractivity contribution < 1.29 is 14.3 Å². The second-order valence-electron chi connectivity index (χ2n) is 7.06. The third kappa shape index (κ3) is 5.38. The maximum Gasteiger partial charge on any atom is 0.266 e. The topological polar surface area (TPSA) is 69.5 Å². The number of hydrogen-bond donors (Lipinski definition) is 0. The van der Waals surface area contributed by atoms with Crippen LogP contribution in [-0.4, -0.2) is 40.7 Å². The Morgan fingerprint density at radius 3 is 2.69 bits per heavy atom. The number of hydrogen-bond acceptors (Lipinski definition) is 6. The number of amides is 1. The van der Waals surface area contributed by atoms with Crippen LogP contribution in [0.5, 0.6) is 11.5 Å². The Hall–Kier alpha value is -3.10. The molecule has 0 aliphatic rings. The van der Waals surface area contributed by atoms with Gasteiger partial charge in [0, 0.05) is 25.5 Å². The van der Waals surface area contributed by atoms with Gasteiger partial charge in [-0.15, -0.1) is 12.4 Å². The van der Waals surface area contributed by atoms with Crippen LogP contribution < -0.4 is 14.4 Å². The number of para-hydroxylation sites is 3. The molecule has 0 spiro atoms. The molecule has 0 aliphatic carbocycles. The molecule has 32 heavy (non-hydrogen) atoms. The molecule has 9 heteroatoms. The number of fused-ring (bicyclic) bond motifs is 1. The van der Waals surface area contributed by atoms with E-state index in [-0.39, 0.29) is 24.9 Å². The summed E-state index contributed by atoms with van der Waals surface area (Å²) in [4.78, 5) is 23.7. The van der Waals surface area contributed by atoms with Gasteiger partial charge in [-0.25, -0.2) is 9.97 Å². The Kier molecular flexibility index (Phi) is 8.08. The Bertz CT molecular complexity index is 1160. The molecule has 0 bridgehead atoms. The molecule has 168 valence electrons. The van der Waals surface area contributed by atoms with Crippen molar-refractivity contribution in [2.45, 2.75) is 19.9 Å². The van der Waals surface area contributed by atoms with Gasteiger partial charge < -0.3 is 14.0 Å². The number of carbonyl (C=O) groups excluding carboxylic acids is 1. The van der Waals surface area contributed by atoms with Gasteiger partial charge in [0.1, 0.15) is 0 Å². The largest absolute Gasteiger partial charge is 0.493 e. The van der Waals surface area contributed by atoms with Gasteiger partial charge in [-0.05, 0) is 37.1 Å². The molecule has 2 aromatic heterocycles. The first kappa shape index (κ1) is 23.6. The van der Waals surface area contributed by atoms with Gasteiger partial charge in [-0.2, -0.15) is 0 Å². The number of aromatic nitrogens is 3. The molecule has 0 radical (unpaired) electrons. The van der Waals surface area contributed by atoms with E-state index >= 15 is 0 Å². The van der Waals surface area contributed by atoms with E-state index < -0.39 is 0 Å². The van der Waals surface area contributed by atoms with E-state index in [1.807, 2.05) is 48.0 Å². The number of nitrogens with zero attached hydrogens (tertiary/aromatic N) is 4. The van der Waals surface area contributed by atoms with E-state index in [1.165, 1.54) is 11.3 Å². The quantitative estimate of drug-likeness (QED) is 0.352. The van der Waals surface area contributed by atoms with Crippen LogP contribution in [0.3, 0.4) is 0 Å². The summed E-state index contributed by atoms with van der Waals surface area (Å²) < 4.78 is 14.2. The van der Waals surface area contributed by atoms with E-state index in [0.29, 0.717) is 23.2 Å². The third-order valence-electron chi connectivity index (χ3n) is 4.92. The summed E-state index contributed by atoms with van der Waals surface area (Å²) in [5.41, 5.74) is 2.02. The number of halogens is 1. The SMILES string of the molecule is COc1ccccc1OCC(=O)N(CCCn1ccnc1)c1nc2c(C)cccc2s1.Cl. The highest BCUT2D eigenvalue weighted by Crippen LogP contribution is 2.31. The average Bonchev–Trinajstić information content (AvgIpc) is 3.46. The number of imidazole rings is 1. The molecule has 0 saturated carbocycles. The predicted molar refractivity (Wildman–Crippen MR) is 129 cm³/mol. The van der Waals surface area contributed by atoms with Crippen LogP contribution in [0, 0.1) is 6.92 Å². The monoisotopic (exact) mass is 472 g/mol. The van der Waals surface area contributed by atoms with Crippen molar-refractivity contribution in [3.8, 4) is 11.5 Å². The van der Waals surface area contributed by atoms with Crippen LogP contribution in [0.15, 0.2) is 61.2 Å². The molecule has 4 aromatic rings. The molecular formula is C23H25ClN4O3S. The standard InChI is InChI=1S/C23H24N4O3S.ClH/c1-17-7-5-10-20-22(17)25-23(31-20)27(13-6-12-26-14-11-24-16-26)21(28)15-30-19-9-4-3-8-18(19)29-2;/h3-5,7-11,14,16H,6,12-13,15H2,1-2H3;1H. The number of benzene rings is 2. The van der Waals surface area contributed by atoms with Gasteiger partial charge in [0.05, 0.1) is 23.7 Å². The zero-order valence-electron chi connectivity index (χ0n) is 17.9. The number of thiazole rings is 1. The van der Waals surface area contributed by atoms with E-state index in [1.54, 1.807) is 36.7 Å². The van der Waals surface area contributed by atoms with Crippen LogP contribution in [0.2, 0.25) is 0 Å². The molecule has 0 aliphatic heterocycles. The van der Waals surface area contributed by atoms with Gasteiger partial charge in [0.2, 0.25) is 0 Å². The van der Waals surface area contributed by atoms with Crippen molar-refractivity contribution in [2.24, 2.45) is 0 Å². The van der Waals surface area contributed by atoms with Crippen LogP contribution in [0.1, 0.15) is 12.0 Å². The number of carbonyl (C=O) groups is 1. The first-order valence-corrected chi connectivity index (χ1v) is 10.9. The fraction of sp³-hybridized carbons (Fsp3) is 0.261. The number of methoxy groups -OCH3 is 1. The highest BCUT2D eigenvalue weighted by atomic mass is 35.5. The normalized spacial score (nSPS) is 10.6. The van der Waals surface area contributed by atoms with Crippen molar-refractivity contribution in [1.82, 2.24) is 14.5 Å². The Morgan fingerprint density at radius 1 is 1.16 bits per heavy atom.